The molecule has 0 aliphatic heterocycles. The standard InChI is InChI=1S/C23H23NO4/c1-12-10-13(2)20(16(5)25)14(3)18(12)11-28-23(27)22(26)21-15(4)24-19-9-7-6-8-17(19)21/h6-10,24H,11H2,1-5H3. The fourth-order valence-electron chi connectivity index (χ4n) is 3.86. The van der Waals surface area contributed by atoms with Gasteiger partial charge in [0.05, 0.1) is 5.56 Å². The third kappa shape index (κ3) is 3.36. The second-order valence-corrected chi connectivity index (χ2v) is 7.12. The van der Waals surface area contributed by atoms with E-state index in [1.54, 1.807) is 13.0 Å². The molecule has 0 spiro atoms. The van der Waals surface area contributed by atoms with Gasteiger partial charge in [-0.2, -0.15) is 0 Å². The summed E-state index contributed by atoms with van der Waals surface area (Å²) in [5.74, 6) is -1.62. The minimum absolute atomic E-state index is 0.0342. The molecule has 5 heteroatoms. The number of para-hydroxylation sites is 1. The third-order valence-corrected chi connectivity index (χ3v) is 5.14. The smallest absolute Gasteiger partial charge is 0.380 e. The van der Waals surface area contributed by atoms with Crippen molar-refractivity contribution in [3.8, 4) is 0 Å². The maximum atomic E-state index is 12.7. The van der Waals surface area contributed by atoms with Crippen molar-refractivity contribution in [3.05, 3.63) is 69.4 Å². The number of aryl methyl sites for hydroxylation is 3. The number of ketones is 2. The summed E-state index contributed by atoms with van der Waals surface area (Å²) in [5.41, 5.74) is 5.75. The number of ether oxygens (including phenoxy) is 1. The largest absolute Gasteiger partial charge is 0.455 e. The maximum Gasteiger partial charge on any atom is 0.380 e. The zero-order valence-electron chi connectivity index (χ0n) is 16.7. The highest BCUT2D eigenvalue weighted by atomic mass is 16.5. The molecular weight excluding hydrogens is 354 g/mol. The lowest BCUT2D eigenvalue weighted by Gasteiger charge is -2.15. The third-order valence-electron chi connectivity index (χ3n) is 5.14. The molecule has 1 N–H and O–H groups in total. The summed E-state index contributed by atoms with van der Waals surface area (Å²) >= 11 is 0. The highest BCUT2D eigenvalue weighted by Gasteiger charge is 2.25. The molecule has 1 aromatic heterocycles. The number of carbonyl (C=O) groups is 3. The zero-order valence-corrected chi connectivity index (χ0v) is 16.7. The van der Waals surface area contributed by atoms with Crippen molar-refractivity contribution in [3.63, 3.8) is 0 Å². The molecular formula is C23H23NO4. The Labute approximate surface area is 163 Å². The van der Waals surface area contributed by atoms with Crippen LogP contribution in [0.15, 0.2) is 30.3 Å². The van der Waals surface area contributed by atoms with E-state index in [9.17, 15) is 14.4 Å². The van der Waals surface area contributed by atoms with E-state index in [4.69, 9.17) is 4.74 Å². The molecule has 0 atom stereocenters. The molecule has 144 valence electrons. The number of rotatable bonds is 5. The van der Waals surface area contributed by atoms with Crippen LogP contribution >= 0.6 is 0 Å². The van der Waals surface area contributed by atoms with Crippen LogP contribution in [0.2, 0.25) is 0 Å². The van der Waals surface area contributed by atoms with Gasteiger partial charge in [-0.25, -0.2) is 4.79 Å². The molecule has 0 aliphatic carbocycles. The number of fused-ring (bicyclic) bond motifs is 1. The lowest BCUT2D eigenvalue weighted by molar-refractivity contribution is -0.139. The second-order valence-electron chi connectivity index (χ2n) is 7.12. The number of Topliss-reactive ketones (excluding diaryl/α,β-unsaturated/α-hetero) is 2. The molecule has 3 aromatic rings. The Balaban J connectivity index is 1.87. The van der Waals surface area contributed by atoms with Crippen molar-refractivity contribution in [2.45, 2.75) is 41.2 Å². The number of hydrogen-bond acceptors (Lipinski definition) is 4. The number of carbonyl (C=O) groups excluding carboxylic acids is 3. The number of aromatic amines is 1. The quantitative estimate of drug-likeness (QED) is 0.403. The summed E-state index contributed by atoms with van der Waals surface area (Å²) in [6.07, 6.45) is 0. The molecule has 0 aliphatic rings. The van der Waals surface area contributed by atoms with Crippen LogP contribution in [-0.4, -0.2) is 22.5 Å². The molecule has 5 nitrogen and oxygen atoms in total. The van der Waals surface area contributed by atoms with Gasteiger partial charge < -0.3 is 9.72 Å². The Morgan fingerprint density at radius 2 is 1.64 bits per heavy atom. The van der Waals surface area contributed by atoms with Gasteiger partial charge in [0.15, 0.2) is 5.78 Å². The molecule has 0 saturated carbocycles. The number of esters is 1. The molecule has 1 heterocycles. The Bertz CT molecular complexity index is 1120. The average Bonchev–Trinajstić information content (AvgIpc) is 2.95. The molecule has 0 radical (unpaired) electrons. The number of hydrogen-bond donors (Lipinski definition) is 1. The summed E-state index contributed by atoms with van der Waals surface area (Å²) in [5, 5.41) is 0.698. The summed E-state index contributed by atoms with van der Waals surface area (Å²) in [7, 11) is 0. The molecule has 2 aromatic carbocycles. The van der Waals surface area contributed by atoms with Gasteiger partial charge in [-0.15, -0.1) is 0 Å². The summed E-state index contributed by atoms with van der Waals surface area (Å²) in [4.78, 5) is 40.2. The SMILES string of the molecule is CC(=O)c1c(C)cc(C)c(COC(=O)C(=O)c2c(C)[nH]c3ccccc23)c1C. The average molecular weight is 377 g/mol. The Kier molecular flexibility index (Phi) is 5.18. The Hall–Kier alpha value is -3.21. The molecule has 28 heavy (non-hydrogen) atoms. The summed E-state index contributed by atoms with van der Waals surface area (Å²) in [6, 6.07) is 9.23. The monoisotopic (exact) mass is 377 g/mol. The summed E-state index contributed by atoms with van der Waals surface area (Å²) in [6.45, 7) is 8.85. The predicted octanol–water partition coefficient (Wildman–Crippen LogP) is 4.53. The van der Waals surface area contributed by atoms with Crippen LogP contribution in [0.25, 0.3) is 10.9 Å². The van der Waals surface area contributed by atoms with Crippen LogP contribution in [0.1, 0.15) is 55.6 Å². The zero-order chi connectivity index (χ0) is 20.6. The topological polar surface area (TPSA) is 76.2 Å². The van der Waals surface area contributed by atoms with E-state index in [1.807, 2.05) is 45.0 Å². The van der Waals surface area contributed by atoms with Crippen LogP contribution in [0.3, 0.4) is 0 Å². The molecule has 3 rings (SSSR count). The first-order chi connectivity index (χ1) is 13.2. The van der Waals surface area contributed by atoms with E-state index >= 15 is 0 Å². The van der Waals surface area contributed by atoms with Crippen molar-refractivity contribution >= 4 is 28.4 Å². The van der Waals surface area contributed by atoms with Gasteiger partial charge in [0.1, 0.15) is 6.61 Å². The second kappa shape index (κ2) is 7.43. The Morgan fingerprint density at radius 1 is 0.964 bits per heavy atom. The van der Waals surface area contributed by atoms with Gasteiger partial charge in [-0.1, -0.05) is 24.3 Å². The van der Waals surface area contributed by atoms with E-state index < -0.39 is 11.8 Å². The lowest BCUT2D eigenvalue weighted by Crippen LogP contribution is -2.19. The first kappa shape index (κ1) is 19.5. The van der Waals surface area contributed by atoms with Crippen molar-refractivity contribution in [2.75, 3.05) is 0 Å². The number of aromatic nitrogens is 1. The maximum absolute atomic E-state index is 12.7. The number of nitrogens with one attached hydrogen (secondary N) is 1. The van der Waals surface area contributed by atoms with Gasteiger partial charge in [-0.3, -0.25) is 9.59 Å². The van der Waals surface area contributed by atoms with Crippen molar-refractivity contribution in [1.29, 1.82) is 0 Å². The van der Waals surface area contributed by atoms with Gasteiger partial charge in [0.2, 0.25) is 0 Å². The minimum Gasteiger partial charge on any atom is -0.455 e. The van der Waals surface area contributed by atoms with Gasteiger partial charge in [-0.05, 0) is 62.9 Å². The molecule has 0 fully saturated rings. The molecule has 0 saturated heterocycles. The predicted molar refractivity (Wildman–Crippen MR) is 108 cm³/mol. The van der Waals surface area contributed by atoms with Crippen LogP contribution in [0.4, 0.5) is 0 Å². The van der Waals surface area contributed by atoms with Crippen LogP contribution in [0, 0.1) is 27.7 Å². The highest BCUT2D eigenvalue weighted by molar-refractivity contribution is 6.43. The van der Waals surface area contributed by atoms with Gasteiger partial charge in [0.25, 0.3) is 5.78 Å². The molecule has 0 unspecified atom stereocenters. The minimum atomic E-state index is -0.906. The van der Waals surface area contributed by atoms with Crippen molar-refractivity contribution < 1.29 is 19.1 Å². The van der Waals surface area contributed by atoms with Crippen LogP contribution < -0.4 is 0 Å². The van der Waals surface area contributed by atoms with Gasteiger partial charge >= 0.3 is 5.97 Å². The van der Waals surface area contributed by atoms with Crippen molar-refractivity contribution in [1.82, 2.24) is 4.98 Å². The van der Waals surface area contributed by atoms with E-state index in [0.29, 0.717) is 22.2 Å². The normalized spacial score (nSPS) is 10.9. The Morgan fingerprint density at radius 3 is 2.32 bits per heavy atom. The van der Waals surface area contributed by atoms with Crippen LogP contribution in [0.5, 0.6) is 0 Å². The van der Waals surface area contributed by atoms with Crippen LogP contribution in [-0.2, 0) is 16.1 Å². The van der Waals surface area contributed by atoms with E-state index in [0.717, 1.165) is 27.8 Å². The van der Waals surface area contributed by atoms with Crippen molar-refractivity contribution in [2.24, 2.45) is 0 Å². The van der Waals surface area contributed by atoms with E-state index in [-0.39, 0.29) is 12.4 Å². The van der Waals surface area contributed by atoms with E-state index in [2.05, 4.69) is 4.98 Å². The summed E-state index contributed by atoms with van der Waals surface area (Å²) < 4.78 is 5.34. The molecule has 0 amide bonds. The first-order valence-corrected chi connectivity index (χ1v) is 9.11. The highest BCUT2D eigenvalue weighted by Crippen LogP contribution is 2.25. The fraction of sp³-hybridized carbons (Fsp3) is 0.261. The number of benzene rings is 2. The lowest BCUT2D eigenvalue weighted by atomic mass is 9.92. The fourth-order valence-corrected chi connectivity index (χ4v) is 3.86. The first-order valence-electron chi connectivity index (χ1n) is 9.11. The molecule has 0 bridgehead atoms. The van der Waals surface area contributed by atoms with E-state index in [1.165, 1.54) is 6.92 Å². The number of H-pyrrole nitrogens is 1. The van der Waals surface area contributed by atoms with Gasteiger partial charge in [0, 0.05) is 22.2 Å².